The molecule has 11 heavy (non-hydrogen) atoms. The largest absolute Gasteiger partial charge is 0.358 e. The van der Waals surface area contributed by atoms with E-state index in [2.05, 4.69) is 4.90 Å². The van der Waals surface area contributed by atoms with E-state index in [-0.39, 0.29) is 0 Å². The van der Waals surface area contributed by atoms with Gasteiger partial charge in [0.05, 0.1) is 12.6 Å². The molecule has 0 aliphatic carbocycles. The van der Waals surface area contributed by atoms with E-state index >= 15 is 0 Å². The molecule has 2 aliphatic rings. The molecule has 0 saturated carbocycles. The quantitative estimate of drug-likeness (QED) is 0.543. The van der Waals surface area contributed by atoms with Gasteiger partial charge in [0, 0.05) is 6.54 Å². The average molecular weight is 156 g/mol. The molecule has 0 bridgehead atoms. The van der Waals surface area contributed by atoms with Gasteiger partial charge in [-0.2, -0.15) is 0 Å². The Hall–Kier alpha value is -0.120. The van der Waals surface area contributed by atoms with Gasteiger partial charge in [-0.3, -0.25) is 4.90 Å². The number of nitrogens with zero attached hydrogens (tertiary/aromatic N) is 1. The highest BCUT2D eigenvalue weighted by Crippen LogP contribution is 2.28. The van der Waals surface area contributed by atoms with Gasteiger partial charge >= 0.3 is 0 Å². The van der Waals surface area contributed by atoms with Gasteiger partial charge in [-0.1, -0.05) is 0 Å². The fourth-order valence-electron chi connectivity index (χ4n) is 2.22. The van der Waals surface area contributed by atoms with E-state index in [1.165, 1.54) is 19.4 Å². The first-order chi connectivity index (χ1) is 5.20. The van der Waals surface area contributed by atoms with Crippen molar-refractivity contribution in [2.75, 3.05) is 19.7 Å². The summed E-state index contributed by atoms with van der Waals surface area (Å²) in [4.78, 5) is 2.45. The molecule has 0 aromatic carbocycles. The third-order valence-electron chi connectivity index (χ3n) is 2.82. The lowest BCUT2D eigenvalue weighted by molar-refractivity contribution is -0.121. The number of rotatable bonds is 0. The highest BCUT2D eigenvalue weighted by Gasteiger charge is 2.41. The van der Waals surface area contributed by atoms with E-state index in [9.17, 15) is 0 Å². The highest BCUT2D eigenvalue weighted by molar-refractivity contribution is 4.93. The molecule has 2 fully saturated rings. The van der Waals surface area contributed by atoms with Crippen LogP contribution in [0.5, 0.6) is 0 Å². The topological polar surface area (TPSA) is 38.5 Å². The zero-order chi connectivity index (χ0) is 7.90. The van der Waals surface area contributed by atoms with Crippen LogP contribution in [-0.4, -0.2) is 36.4 Å². The minimum absolute atomic E-state index is 0.394. The molecule has 64 valence electrons. The molecule has 2 unspecified atom stereocenters. The second-order valence-corrected chi connectivity index (χ2v) is 3.73. The summed E-state index contributed by atoms with van der Waals surface area (Å²) in [6.07, 6.45) is 2.48. The summed E-state index contributed by atoms with van der Waals surface area (Å²) in [6, 6.07) is 0.469. The maximum Gasteiger partial charge on any atom is 0.129 e. The first kappa shape index (κ1) is 7.53. The standard InChI is InChI=1S/C8H16N2O/c1-8(9)7-3-2-4-10(7)5-6-11-8/h7H,2-6,9H2,1H3. The molecule has 3 heteroatoms. The van der Waals surface area contributed by atoms with E-state index in [1.807, 2.05) is 6.92 Å². The molecule has 0 spiro atoms. The summed E-state index contributed by atoms with van der Waals surface area (Å²) in [6.45, 7) is 5.07. The molecule has 0 radical (unpaired) electrons. The molecule has 2 aliphatic heterocycles. The molecule has 0 aromatic rings. The molecule has 2 N–H and O–H groups in total. The second kappa shape index (κ2) is 2.44. The van der Waals surface area contributed by atoms with Gasteiger partial charge in [-0.15, -0.1) is 0 Å². The summed E-state index contributed by atoms with van der Waals surface area (Å²) in [7, 11) is 0. The van der Waals surface area contributed by atoms with E-state index in [0.717, 1.165) is 13.2 Å². The molecular formula is C8H16N2O. The van der Waals surface area contributed by atoms with Crippen molar-refractivity contribution in [3.05, 3.63) is 0 Å². The average Bonchev–Trinajstić information content (AvgIpc) is 2.34. The summed E-state index contributed by atoms with van der Waals surface area (Å²) in [5, 5.41) is 0. The van der Waals surface area contributed by atoms with E-state index in [0.29, 0.717) is 6.04 Å². The normalized spacial score (nSPS) is 45.8. The molecule has 2 atom stereocenters. The predicted octanol–water partition coefficient (Wildman–Crippen LogP) is 0.156. The fourth-order valence-corrected chi connectivity index (χ4v) is 2.22. The van der Waals surface area contributed by atoms with Gasteiger partial charge in [-0.05, 0) is 26.3 Å². The first-order valence-corrected chi connectivity index (χ1v) is 4.37. The van der Waals surface area contributed by atoms with Crippen molar-refractivity contribution in [3.63, 3.8) is 0 Å². The maximum atomic E-state index is 6.00. The van der Waals surface area contributed by atoms with Crippen LogP contribution in [0.1, 0.15) is 19.8 Å². The maximum absolute atomic E-state index is 6.00. The molecule has 2 heterocycles. The van der Waals surface area contributed by atoms with Crippen molar-refractivity contribution >= 4 is 0 Å². The van der Waals surface area contributed by atoms with Gasteiger partial charge in [-0.25, -0.2) is 0 Å². The van der Waals surface area contributed by atoms with Gasteiger partial charge in [0.1, 0.15) is 5.72 Å². The van der Waals surface area contributed by atoms with Crippen molar-refractivity contribution in [2.24, 2.45) is 5.73 Å². The number of fused-ring (bicyclic) bond motifs is 1. The van der Waals surface area contributed by atoms with Crippen LogP contribution in [0.3, 0.4) is 0 Å². The van der Waals surface area contributed by atoms with Crippen LogP contribution >= 0.6 is 0 Å². The SMILES string of the molecule is CC1(N)OCCN2CCCC21. The highest BCUT2D eigenvalue weighted by atomic mass is 16.5. The minimum Gasteiger partial charge on any atom is -0.358 e. The molecule has 2 saturated heterocycles. The summed E-state index contributed by atoms with van der Waals surface area (Å²) >= 11 is 0. The summed E-state index contributed by atoms with van der Waals surface area (Å²) < 4.78 is 5.52. The van der Waals surface area contributed by atoms with Crippen LogP contribution in [0, 0.1) is 0 Å². The molecule has 0 aromatic heterocycles. The van der Waals surface area contributed by atoms with Gasteiger partial charge in [0.25, 0.3) is 0 Å². The Balaban J connectivity index is 2.13. The fraction of sp³-hybridized carbons (Fsp3) is 1.00. The zero-order valence-electron chi connectivity index (χ0n) is 7.05. The van der Waals surface area contributed by atoms with Gasteiger partial charge in [0.15, 0.2) is 0 Å². The lowest BCUT2D eigenvalue weighted by Gasteiger charge is -2.42. The van der Waals surface area contributed by atoms with Crippen molar-refractivity contribution < 1.29 is 4.74 Å². The lowest BCUT2D eigenvalue weighted by atomic mass is 10.0. The third kappa shape index (κ3) is 1.17. The summed E-state index contributed by atoms with van der Waals surface area (Å²) in [5.41, 5.74) is 5.60. The Morgan fingerprint density at radius 2 is 2.36 bits per heavy atom. The van der Waals surface area contributed by atoms with Crippen LogP contribution in [0.4, 0.5) is 0 Å². The van der Waals surface area contributed by atoms with Crippen molar-refractivity contribution in [1.29, 1.82) is 0 Å². The van der Waals surface area contributed by atoms with Gasteiger partial charge < -0.3 is 10.5 Å². The number of hydrogen-bond acceptors (Lipinski definition) is 3. The van der Waals surface area contributed by atoms with Crippen LogP contribution in [-0.2, 0) is 4.74 Å². The minimum atomic E-state index is -0.394. The Morgan fingerprint density at radius 1 is 1.55 bits per heavy atom. The number of ether oxygens (including phenoxy) is 1. The zero-order valence-corrected chi connectivity index (χ0v) is 7.05. The number of hydrogen-bond donors (Lipinski definition) is 1. The smallest absolute Gasteiger partial charge is 0.129 e. The Bertz CT molecular complexity index is 158. The predicted molar refractivity (Wildman–Crippen MR) is 43.1 cm³/mol. The van der Waals surface area contributed by atoms with E-state index in [4.69, 9.17) is 10.5 Å². The van der Waals surface area contributed by atoms with E-state index in [1.54, 1.807) is 0 Å². The van der Waals surface area contributed by atoms with Crippen molar-refractivity contribution in [2.45, 2.75) is 31.5 Å². The van der Waals surface area contributed by atoms with Crippen molar-refractivity contribution in [1.82, 2.24) is 4.90 Å². The summed E-state index contributed by atoms with van der Waals surface area (Å²) in [5.74, 6) is 0. The monoisotopic (exact) mass is 156 g/mol. The molecular weight excluding hydrogens is 140 g/mol. The Morgan fingerprint density at radius 3 is 3.09 bits per heavy atom. The van der Waals surface area contributed by atoms with Crippen LogP contribution in [0.25, 0.3) is 0 Å². The molecule has 2 rings (SSSR count). The third-order valence-corrected chi connectivity index (χ3v) is 2.82. The first-order valence-electron chi connectivity index (χ1n) is 4.37. The number of morpholine rings is 1. The van der Waals surface area contributed by atoms with E-state index < -0.39 is 5.72 Å². The van der Waals surface area contributed by atoms with Crippen LogP contribution in [0.15, 0.2) is 0 Å². The Kier molecular flexibility index (Phi) is 1.67. The van der Waals surface area contributed by atoms with Gasteiger partial charge in [0.2, 0.25) is 0 Å². The Labute approximate surface area is 67.5 Å². The lowest BCUT2D eigenvalue weighted by Crippen LogP contribution is -2.60. The van der Waals surface area contributed by atoms with Crippen LogP contribution in [0.2, 0.25) is 0 Å². The number of nitrogens with two attached hydrogens (primary N) is 1. The molecule has 3 nitrogen and oxygen atoms in total. The second-order valence-electron chi connectivity index (χ2n) is 3.73. The molecule has 0 amide bonds. The van der Waals surface area contributed by atoms with Crippen molar-refractivity contribution in [3.8, 4) is 0 Å². The van der Waals surface area contributed by atoms with Crippen LogP contribution < -0.4 is 5.73 Å².